The molecule has 0 rings (SSSR count). The standard InChI is InChI=1S/C4H14BP/c1-6(2,3)4-5/h6H,4-5H2,1-3H3. The van der Waals surface area contributed by atoms with Crippen molar-refractivity contribution in [2.45, 2.75) is 0 Å². The van der Waals surface area contributed by atoms with Gasteiger partial charge in [-0.05, 0) is 0 Å². The van der Waals surface area contributed by atoms with Crippen molar-refractivity contribution in [1.29, 1.82) is 0 Å². The normalized spacial score (nSPS) is 14.5. The molecule has 2 heteroatoms. The Morgan fingerprint density at radius 3 is 1.50 bits per heavy atom. The second-order valence-electron chi connectivity index (χ2n) is 2.91. The summed E-state index contributed by atoms with van der Waals surface area (Å²) in [5, 5.41) is 0. The van der Waals surface area contributed by atoms with E-state index in [9.17, 15) is 0 Å². The Kier molecular flexibility index (Phi) is 2.14. The van der Waals surface area contributed by atoms with E-state index in [2.05, 4.69) is 27.8 Å². The molecule has 0 fully saturated rings. The molecule has 0 aromatic heterocycles. The van der Waals surface area contributed by atoms with E-state index in [0.717, 1.165) is 0 Å². The molecular weight excluding hydrogens is 89.8 g/mol. The fourth-order valence-corrected chi connectivity index (χ4v) is 0. The zero-order valence-corrected chi connectivity index (χ0v) is 6.21. The molecule has 0 atom stereocenters. The molecule has 0 heterocycles. The second-order valence-corrected chi connectivity index (χ2v) is 8.74. The molecule has 0 saturated carbocycles. The van der Waals surface area contributed by atoms with Crippen LogP contribution in [0.25, 0.3) is 0 Å². The van der Waals surface area contributed by atoms with E-state index in [1.165, 1.54) is 6.06 Å². The first-order chi connectivity index (χ1) is 2.56. The zero-order chi connectivity index (χ0) is 5.21. The Labute approximate surface area is 42.1 Å². The van der Waals surface area contributed by atoms with Gasteiger partial charge >= 0.3 is 41.2 Å². The van der Waals surface area contributed by atoms with Gasteiger partial charge in [-0.15, -0.1) is 0 Å². The average Bonchev–Trinajstić information content (AvgIpc) is 1.35. The molecule has 0 aliphatic rings. The van der Waals surface area contributed by atoms with E-state index in [0.29, 0.717) is 0 Å². The monoisotopic (exact) mass is 104 g/mol. The van der Waals surface area contributed by atoms with E-state index < -0.39 is 7.26 Å². The molecule has 6 heavy (non-hydrogen) atoms. The van der Waals surface area contributed by atoms with Gasteiger partial charge in [0, 0.05) is 0 Å². The van der Waals surface area contributed by atoms with Crippen LogP contribution in [-0.4, -0.2) is 33.9 Å². The van der Waals surface area contributed by atoms with Crippen LogP contribution in [0, 0.1) is 0 Å². The van der Waals surface area contributed by atoms with Gasteiger partial charge in [-0.2, -0.15) is 0 Å². The Morgan fingerprint density at radius 2 is 1.50 bits per heavy atom. The summed E-state index contributed by atoms with van der Waals surface area (Å²) < 4.78 is 0. The van der Waals surface area contributed by atoms with Gasteiger partial charge in [-0.1, -0.05) is 0 Å². The van der Waals surface area contributed by atoms with Crippen molar-refractivity contribution in [3.63, 3.8) is 0 Å². The summed E-state index contributed by atoms with van der Waals surface area (Å²) >= 11 is 0. The summed E-state index contributed by atoms with van der Waals surface area (Å²) in [5.74, 6) is 0. The Morgan fingerprint density at radius 1 is 1.33 bits per heavy atom. The van der Waals surface area contributed by atoms with Gasteiger partial charge in [0.2, 0.25) is 0 Å². The molecule has 0 nitrogen and oxygen atoms in total. The molecule has 0 amide bonds. The molecule has 0 aromatic carbocycles. The fourth-order valence-electron chi connectivity index (χ4n) is 0. The first-order valence-electron chi connectivity index (χ1n) is 2.56. The number of rotatable bonds is 1. The van der Waals surface area contributed by atoms with Crippen molar-refractivity contribution in [1.82, 2.24) is 0 Å². The minimum absolute atomic E-state index is 0.631. The van der Waals surface area contributed by atoms with Gasteiger partial charge < -0.3 is 0 Å². The summed E-state index contributed by atoms with van der Waals surface area (Å²) in [6.07, 6.45) is 0. The third-order valence-corrected chi connectivity index (χ3v) is 3.18. The third-order valence-electron chi connectivity index (χ3n) is 1.06. The van der Waals surface area contributed by atoms with Crippen LogP contribution in [0.1, 0.15) is 0 Å². The van der Waals surface area contributed by atoms with Crippen molar-refractivity contribution < 1.29 is 0 Å². The summed E-state index contributed by atoms with van der Waals surface area (Å²) in [4.78, 5) is 0. The molecule has 0 aromatic rings. The molecule has 0 spiro atoms. The predicted molar refractivity (Wildman–Crippen MR) is 39.5 cm³/mol. The summed E-state index contributed by atoms with van der Waals surface area (Å²) in [5.41, 5.74) is 0. The fraction of sp³-hybridized carbons (Fsp3) is 1.00. The predicted octanol–water partition coefficient (Wildman–Crippen LogP) is 0.216. The number of hydrogen-bond donors (Lipinski definition) is 0. The SMILES string of the molecule is BC[PH](C)(C)C. The Balaban J connectivity index is 3.17. The molecule has 0 unspecified atom stereocenters. The van der Waals surface area contributed by atoms with Crippen LogP contribution >= 0.6 is 7.26 Å². The molecule has 0 aliphatic carbocycles. The zero-order valence-electron chi connectivity index (χ0n) is 5.21. The van der Waals surface area contributed by atoms with E-state index in [1.54, 1.807) is 0 Å². The van der Waals surface area contributed by atoms with Gasteiger partial charge in [0.05, 0.1) is 0 Å². The Bertz CT molecular complexity index is 37.3. The van der Waals surface area contributed by atoms with E-state index in [-0.39, 0.29) is 0 Å². The summed E-state index contributed by atoms with van der Waals surface area (Å²) in [6, 6.07) is 1.41. The van der Waals surface area contributed by atoms with Crippen LogP contribution in [-0.2, 0) is 0 Å². The minimum atomic E-state index is -0.631. The van der Waals surface area contributed by atoms with Crippen LogP contribution in [0.15, 0.2) is 0 Å². The van der Waals surface area contributed by atoms with Crippen molar-refractivity contribution in [2.24, 2.45) is 0 Å². The molecule has 0 saturated heterocycles. The van der Waals surface area contributed by atoms with E-state index in [4.69, 9.17) is 0 Å². The van der Waals surface area contributed by atoms with Crippen molar-refractivity contribution in [2.75, 3.05) is 26.1 Å². The van der Waals surface area contributed by atoms with E-state index in [1.807, 2.05) is 0 Å². The molecular formula is C4H14BP. The van der Waals surface area contributed by atoms with E-state index >= 15 is 0 Å². The summed E-state index contributed by atoms with van der Waals surface area (Å²) in [6.45, 7) is 7.15. The van der Waals surface area contributed by atoms with Crippen molar-refractivity contribution in [3.8, 4) is 0 Å². The van der Waals surface area contributed by atoms with Gasteiger partial charge in [0.1, 0.15) is 0 Å². The average molecular weight is 104 g/mol. The molecule has 0 bridgehead atoms. The van der Waals surface area contributed by atoms with Gasteiger partial charge in [0.15, 0.2) is 0 Å². The Hall–Kier alpha value is 0.495. The maximum absolute atomic E-state index is 2.38. The van der Waals surface area contributed by atoms with Crippen molar-refractivity contribution in [3.05, 3.63) is 0 Å². The van der Waals surface area contributed by atoms with Gasteiger partial charge in [-0.25, -0.2) is 0 Å². The van der Waals surface area contributed by atoms with Crippen molar-refractivity contribution >= 4 is 15.1 Å². The second kappa shape index (κ2) is 1.98. The first kappa shape index (κ1) is 6.49. The van der Waals surface area contributed by atoms with Crippen LogP contribution in [0.2, 0.25) is 0 Å². The quantitative estimate of drug-likeness (QED) is 0.329. The van der Waals surface area contributed by atoms with Gasteiger partial charge in [-0.3, -0.25) is 0 Å². The molecule has 0 aliphatic heterocycles. The van der Waals surface area contributed by atoms with Crippen LogP contribution < -0.4 is 0 Å². The topological polar surface area (TPSA) is 0 Å². The summed E-state index contributed by atoms with van der Waals surface area (Å²) in [7, 11) is 1.64. The third kappa shape index (κ3) is 4.49. The molecule has 0 N–H and O–H groups in total. The van der Waals surface area contributed by atoms with Crippen LogP contribution in [0.5, 0.6) is 0 Å². The molecule has 0 radical (unpaired) electrons. The number of hydrogen-bond acceptors (Lipinski definition) is 0. The van der Waals surface area contributed by atoms with Gasteiger partial charge in [0.25, 0.3) is 0 Å². The molecule has 38 valence electrons. The van der Waals surface area contributed by atoms with Crippen LogP contribution in [0.4, 0.5) is 0 Å². The van der Waals surface area contributed by atoms with Crippen LogP contribution in [0.3, 0.4) is 0 Å². The maximum atomic E-state index is 2.38. The first-order valence-corrected chi connectivity index (χ1v) is 6.27.